The number of nitrogens with zero attached hydrogens (tertiary/aromatic N) is 1. The molecule has 0 saturated carbocycles. The molecular weight excluding hydrogens is 218 g/mol. The summed E-state index contributed by atoms with van der Waals surface area (Å²) in [6.45, 7) is 1.88. The SMILES string of the molecule is CN1C2COCC1CC(CBr)C2. The highest BCUT2D eigenvalue weighted by Crippen LogP contribution is 2.30. The van der Waals surface area contributed by atoms with E-state index in [0.717, 1.165) is 24.5 Å². The smallest absolute Gasteiger partial charge is 0.0622 e. The Hall–Kier alpha value is 0.400. The molecule has 0 radical (unpaired) electrons. The molecule has 2 atom stereocenters. The molecule has 2 saturated heterocycles. The van der Waals surface area contributed by atoms with Crippen LogP contribution in [0.1, 0.15) is 12.8 Å². The maximum absolute atomic E-state index is 5.54. The molecular formula is C9H16BrNO. The van der Waals surface area contributed by atoms with E-state index in [-0.39, 0.29) is 0 Å². The van der Waals surface area contributed by atoms with Crippen molar-refractivity contribution in [3.8, 4) is 0 Å². The molecule has 2 fully saturated rings. The Labute approximate surface area is 82.4 Å². The van der Waals surface area contributed by atoms with E-state index in [1.807, 2.05) is 0 Å². The van der Waals surface area contributed by atoms with Gasteiger partial charge in [0, 0.05) is 17.4 Å². The number of likely N-dealkylation sites (N-methyl/N-ethyl adjacent to an activating group) is 1. The lowest BCUT2D eigenvalue weighted by atomic mass is 9.87. The Morgan fingerprint density at radius 1 is 1.33 bits per heavy atom. The molecule has 2 heterocycles. The van der Waals surface area contributed by atoms with E-state index < -0.39 is 0 Å². The molecule has 2 aliphatic rings. The summed E-state index contributed by atoms with van der Waals surface area (Å²) in [4.78, 5) is 2.50. The third-order valence-electron chi connectivity index (χ3n) is 3.20. The van der Waals surface area contributed by atoms with E-state index in [0.29, 0.717) is 12.1 Å². The largest absolute Gasteiger partial charge is 0.378 e. The molecule has 3 heteroatoms. The van der Waals surface area contributed by atoms with Crippen LogP contribution in [-0.2, 0) is 4.74 Å². The summed E-state index contributed by atoms with van der Waals surface area (Å²) in [5, 5.41) is 1.16. The first kappa shape index (κ1) is 8.97. The van der Waals surface area contributed by atoms with Gasteiger partial charge in [-0.2, -0.15) is 0 Å². The predicted octanol–water partition coefficient (Wildman–Crippen LogP) is 1.49. The van der Waals surface area contributed by atoms with Crippen molar-refractivity contribution in [3.63, 3.8) is 0 Å². The van der Waals surface area contributed by atoms with Crippen molar-refractivity contribution >= 4 is 15.9 Å². The van der Waals surface area contributed by atoms with Gasteiger partial charge in [-0.15, -0.1) is 0 Å². The van der Waals surface area contributed by atoms with Gasteiger partial charge in [0.2, 0.25) is 0 Å². The van der Waals surface area contributed by atoms with Gasteiger partial charge >= 0.3 is 0 Å². The van der Waals surface area contributed by atoms with Gasteiger partial charge in [-0.25, -0.2) is 0 Å². The molecule has 0 N–H and O–H groups in total. The first-order valence-electron chi connectivity index (χ1n) is 4.67. The van der Waals surface area contributed by atoms with Gasteiger partial charge in [-0.3, -0.25) is 4.90 Å². The summed E-state index contributed by atoms with van der Waals surface area (Å²) in [6.07, 6.45) is 2.61. The third kappa shape index (κ3) is 1.54. The predicted molar refractivity (Wildman–Crippen MR) is 52.7 cm³/mol. The lowest BCUT2D eigenvalue weighted by Gasteiger charge is -2.46. The molecule has 2 rings (SSSR count). The van der Waals surface area contributed by atoms with Crippen molar-refractivity contribution in [1.82, 2.24) is 4.90 Å². The molecule has 0 spiro atoms. The number of piperidine rings is 1. The van der Waals surface area contributed by atoms with E-state index in [2.05, 4.69) is 27.9 Å². The minimum absolute atomic E-state index is 0.681. The van der Waals surface area contributed by atoms with E-state index in [4.69, 9.17) is 4.74 Å². The van der Waals surface area contributed by atoms with E-state index in [9.17, 15) is 0 Å². The monoisotopic (exact) mass is 233 g/mol. The summed E-state index contributed by atoms with van der Waals surface area (Å²) in [5.41, 5.74) is 0. The minimum atomic E-state index is 0.681. The van der Waals surface area contributed by atoms with Crippen molar-refractivity contribution < 1.29 is 4.74 Å². The van der Waals surface area contributed by atoms with Crippen LogP contribution in [0.3, 0.4) is 0 Å². The zero-order chi connectivity index (χ0) is 8.55. The highest BCUT2D eigenvalue weighted by molar-refractivity contribution is 9.09. The lowest BCUT2D eigenvalue weighted by molar-refractivity contribution is -0.0717. The van der Waals surface area contributed by atoms with Crippen LogP contribution in [-0.4, -0.2) is 42.6 Å². The number of alkyl halides is 1. The van der Waals surface area contributed by atoms with Gasteiger partial charge in [-0.05, 0) is 25.8 Å². The summed E-state index contributed by atoms with van der Waals surface area (Å²) < 4.78 is 5.54. The molecule has 0 amide bonds. The topological polar surface area (TPSA) is 12.5 Å². The van der Waals surface area contributed by atoms with Crippen LogP contribution in [0.25, 0.3) is 0 Å². The average molecular weight is 234 g/mol. The molecule has 12 heavy (non-hydrogen) atoms. The van der Waals surface area contributed by atoms with Crippen molar-refractivity contribution in [1.29, 1.82) is 0 Å². The second-order valence-electron chi connectivity index (χ2n) is 4.00. The molecule has 2 nitrogen and oxygen atoms in total. The summed E-state index contributed by atoms with van der Waals surface area (Å²) in [7, 11) is 2.24. The van der Waals surface area contributed by atoms with Crippen molar-refractivity contribution in [2.45, 2.75) is 24.9 Å². The summed E-state index contributed by atoms with van der Waals surface area (Å²) in [5.74, 6) is 0.875. The average Bonchev–Trinajstić information content (AvgIpc) is 2.04. The Morgan fingerprint density at radius 3 is 2.42 bits per heavy atom. The molecule has 0 aromatic heterocycles. The Kier molecular flexibility index (Phi) is 2.72. The number of hydrogen-bond acceptors (Lipinski definition) is 2. The fraction of sp³-hybridized carbons (Fsp3) is 1.00. The highest BCUT2D eigenvalue weighted by Gasteiger charge is 2.35. The molecule has 0 aromatic rings. The van der Waals surface area contributed by atoms with E-state index in [1.54, 1.807) is 0 Å². The van der Waals surface area contributed by atoms with Gasteiger partial charge in [0.05, 0.1) is 13.2 Å². The molecule has 2 bridgehead atoms. The Balaban J connectivity index is 2.02. The second kappa shape index (κ2) is 3.64. The standard InChI is InChI=1S/C9H16BrNO/c1-11-8-2-7(4-10)3-9(11)6-12-5-8/h7-9H,2-6H2,1H3. The van der Waals surface area contributed by atoms with Crippen LogP contribution >= 0.6 is 15.9 Å². The maximum Gasteiger partial charge on any atom is 0.0622 e. The number of rotatable bonds is 1. The quantitative estimate of drug-likeness (QED) is 0.637. The Morgan fingerprint density at radius 2 is 1.92 bits per heavy atom. The van der Waals surface area contributed by atoms with Crippen molar-refractivity contribution in [3.05, 3.63) is 0 Å². The molecule has 0 aliphatic carbocycles. The van der Waals surface area contributed by atoms with E-state index >= 15 is 0 Å². The molecule has 2 aliphatic heterocycles. The fourth-order valence-corrected chi connectivity index (χ4v) is 2.86. The number of morpholine rings is 1. The third-order valence-corrected chi connectivity index (χ3v) is 4.12. The van der Waals surface area contributed by atoms with Gasteiger partial charge < -0.3 is 4.74 Å². The molecule has 2 unspecified atom stereocenters. The highest BCUT2D eigenvalue weighted by atomic mass is 79.9. The van der Waals surface area contributed by atoms with E-state index in [1.165, 1.54) is 12.8 Å². The first-order chi connectivity index (χ1) is 5.81. The van der Waals surface area contributed by atoms with Crippen LogP contribution in [0.4, 0.5) is 0 Å². The zero-order valence-corrected chi connectivity index (χ0v) is 9.09. The van der Waals surface area contributed by atoms with Gasteiger partial charge in [0.1, 0.15) is 0 Å². The lowest BCUT2D eigenvalue weighted by Crippen LogP contribution is -2.55. The van der Waals surface area contributed by atoms with Crippen LogP contribution in [0, 0.1) is 5.92 Å². The minimum Gasteiger partial charge on any atom is -0.378 e. The number of halogens is 1. The summed E-state index contributed by atoms with van der Waals surface area (Å²) in [6, 6.07) is 1.36. The van der Waals surface area contributed by atoms with Crippen LogP contribution < -0.4 is 0 Å². The molecule has 70 valence electrons. The van der Waals surface area contributed by atoms with Crippen LogP contribution in [0.2, 0.25) is 0 Å². The zero-order valence-electron chi connectivity index (χ0n) is 7.50. The molecule has 0 aromatic carbocycles. The number of ether oxygens (including phenoxy) is 1. The van der Waals surface area contributed by atoms with Crippen LogP contribution in [0.15, 0.2) is 0 Å². The second-order valence-corrected chi connectivity index (χ2v) is 4.65. The van der Waals surface area contributed by atoms with Gasteiger partial charge in [0.15, 0.2) is 0 Å². The fourth-order valence-electron chi connectivity index (χ4n) is 2.33. The summed E-state index contributed by atoms with van der Waals surface area (Å²) >= 11 is 3.58. The number of fused-ring (bicyclic) bond motifs is 2. The van der Waals surface area contributed by atoms with Gasteiger partial charge in [0.25, 0.3) is 0 Å². The Bertz CT molecular complexity index is 151. The maximum atomic E-state index is 5.54. The van der Waals surface area contributed by atoms with Crippen molar-refractivity contribution in [2.75, 3.05) is 25.6 Å². The number of hydrogen-bond donors (Lipinski definition) is 0. The van der Waals surface area contributed by atoms with Gasteiger partial charge in [-0.1, -0.05) is 15.9 Å². The normalized spacial score (nSPS) is 43.0. The van der Waals surface area contributed by atoms with Crippen LogP contribution in [0.5, 0.6) is 0 Å². The van der Waals surface area contributed by atoms with Crippen molar-refractivity contribution in [2.24, 2.45) is 5.92 Å². The first-order valence-corrected chi connectivity index (χ1v) is 5.79.